The number of nitrogens with one attached hydrogen (secondary N) is 1. The summed E-state index contributed by atoms with van der Waals surface area (Å²) in [6, 6.07) is 9.50. The molecular formula is C18H31N. The first-order chi connectivity index (χ1) is 8.84. The summed E-state index contributed by atoms with van der Waals surface area (Å²) in [5.41, 5.74) is 3.21. The molecule has 2 unspecified atom stereocenters. The summed E-state index contributed by atoms with van der Waals surface area (Å²) in [6.45, 7) is 14.8. The Morgan fingerprint density at radius 1 is 1.05 bits per heavy atom. The Balaban J connectivity index is 2.51. The molecule has 1 heteroatoms. The molecule has 0 spiro atoms. The summed E-state index contributed by atoms with van der Waals surface area (Å²) in [6.07, 6.45) is 2.40. The molecule has 1 nitrogen and oxygen atoms in total. The highest BCUT2D eigenvalue weighted by molar-refractivity contribution is 5.24. The van der Waals surface area contributed by atoms with Crippen molar-refractivity contribution >= 4 is 0 Å². The van der Waals surface area contributed by atoms with Gasteiger partial charge in [-0.15, -0.1) is 0 Å². The van der Waals surface area contributed by atoms with Gasteiger partial charge >= 0.3 is 0 Å². The molecule has 0 amide bonds. The number of benzene rings is 1. The van der Waals surface area contributed by atoms with Crippen molar-refractivity contribution in [3.05, 3.63) is 35.4 Å². The lowest BCUT2D eigenvalue weighted by Gasteiger charge is -2.29. The molecule has 1 aromatic carbocycles. The Kier molecular flexibility index (Phi) is 6.06. The summed E-state index contributed by atoms with van der Waals surface area (Å²) < 4.78 is 0. The van der Waals surface area contributed by atoms with Crippen LogP contribution in [0, 0.1) is 11.3 Å². The van der Waals surface area contributed by atoms with Gasteiger partial charge in [-0.2, -0.15) is 0 Å². The molecule has 0 radical (unpaired) electrons. The molecule has 1 rings (SSSR count). The fourth-order valence-electron chi connectivity index (χ4n) is 2.04. The van der Waals surface area contributed by atoms with Gasteiger partial charge in [0.2, 0.25) is 0 Å². The third-order valence-corrected chi connectivity index (χ3v) is 4.23. The largest absolute Gasteiger partial charge is 0.310 e. The number of aryl methyl sites for hydroxylation is 1. The van der Waals surface area contributed by atoms with E-state index in [0.29, 0.717) is 17.4 Å². The molecule has 0 aliphatic rings. The monoisotopic (exact) mass is 261 g/mol. The van der Waals surface area contributed by atoms with E-state index in [1.165, 1.54) is 24.0 Å². The van der Waals surface area contributed by atoms with Crippen molar-refractivity contribution in [1.29, 1.82) is 0 Å². The van der Waals surface area contributed by atoms with Crippen molar-refractivity contribution in [3.63, 3.8) is 0 Å². The van der Waals surface area contributed by atoms with E-state index in [-0.39, 0.29) is 0 Å². The Bertz CT molecular complexity index is 358. The van der Waals surface area contributed by atoms with E-state index < -0.39 is 0 Å². The van der Waals surface area contributed by atoms with Crippen LogP contribution in [0.4, 0.5) is 0 Å². The molecular weight excluding hydrogens is 230 g/mol. The van der Waals surface area contributed by atoms with Crippen LogP contribution in [0.5, 0.6) is 0 Å². The molecule has 0 fully saturated rings. The van der Waals surface area contributed by atoms with Crippen LogP contribution in [-0.4, -0.2) is 6.54 Å². The highest BCUT2D eigenvalue weighted by atomic mass is 14.9. The second-order valence-corrected chi connectivity index (χ2v) is 6.89. The first-order valence-corrected chi connectivity index (χ1v) is 7.66. The average Bonchev–Trinajstić information content (AvgIpc) is 2.35. The zero-order valence-electron chi connectivity index (χ0n) is 13.6. The molecule has 0 aliphatic heterocycles. The zero-order chi connectivity index (χ0) is 14.5. The predicted molar refractivity (Wildman–Crippen MR) is 85.5 cm³/mol. The van der Waals surface area contributed by atoms with Gasteiger partial charge in [-0.3, -0.25) is 0 Å². The van der Waals surface area contributed by atoms with Crippen molar-refractivity contribution in [1.82, 2.24) is 5.32 Å². The van der Waals surface area contributed by atoms with Crippen LogP contribution < -0.4 is 5.32 Å². The first-order valence-electron chi connectivity index (χ1n) is 7.66. The Hall–Kier alpha value is -0.820. The number of rotatable bonds is 6. The quantitative estimate of drug-likeness (QED) is 0.762. The Morgan fingerprint density at radius 3 is 2.11 bits per heavy atom. The molecule has 0 bridgehead atoms. The molecule has 0 aliphatic carbocycles. The first kappa shape index (κ1) is 16.2. The van der Waals surface area contributed by atoms with Crippen LogP contribution >= 0.6 is 0 Å². The molecule has 0 saturated carbocycles. The van der Waals surface area contributed by atoms with E-state index in [4.69, 9.17) is 0 Å². The molecule has 108 valence electrons. The van der Waals surface area contributed by atoms with Crippen LogP contribution in [-0.2, 0) is 6.42 Å². The van der Waals surface area contributed by atoms with Crippen LogP contribution in [0.2, 0.25) is 0 Å². The van der Waals surface area contributed by atoms with E-state index in [1.54, 1.807) is 0 Å². The third kappa shape index (κ3) is 5.36. The van der Waals surface area contributed by atoms with E-state index in [9.17, 15) is 0 Å². The predicted octanol–water partition coefficient (Wildman–Crippen LogP) is 4.97. The summed E-state index contributed by atoms with van der Waals surface area (Å²) in [4.78, 5) is 0. The lowest BCUT2D eigenvalue weighted by atomic mass is 9.82. The second kappa shape index (κ2) is 7.09. The van der Waals surface area contributed by atoms with E-state index >= 15 is 0 Å². The van der Waals surface area contributed by atoms with Crippen LogP contribution in [0.25, 0.3) is 0 Å². The molecule has 1 aromatic rings. The highest BCUT2D eigenvalue weighted by Crippen LogP contribution is 2.25. The maximum absolute atomic E-state index is 3.66. The normalized spacial score (nSPS) is 15.3. The van der Waals surface area contributed by atoms with Gasteiger partial charge in [0.05, 0.1) is 0 Å². The van der Waals surface area contributed by atoms with Crippen molar-refractivity contribution in [2.45, 2.75) is 60.4 Å². The van der Waals surface area contributed by atoms with Crippen molar-refractivity contribution in [2.24, 2.45) is 11.3 Å². The van der Waals surface area contributed by atoms with Gasteiger partial charge in [-0.1, -0.05) is 65.3 Å². The van der Waals surface area contributed by atoms with Crippen molar-refractivity contribution in [2.75, 3.05) is 6.54 Å². The number of hydrogen-bond acceptors (Lipinski definition) is 1. The lowest BCUT2D eigenvalue weighted by molar-refractivity contribution is 0.247. The summed E-state index contributed by atoms with van der Waals surface area (Å²) in [5, 5.41) is 3.66. The average molecular weight is 261 g/mol. The Labute approximate surface area is 119 Å². The third-order valence-electron chi connectivity index (χ3n) is 4.23. The van der Waals surface area contributed by atoms with Gasteiger partial charge in [0.25, 0.3) is 0 Å². The fourth-order valence-corrected chi connectivity index (χ4v) is 2.04. The zero-order valence-corrected chi connectivity index (χ0v) is 13.6. The van der Waals surface area contributed by atoms with Crippen LogP contribution in [0.1, 0.15) is 65.1 Å². The minimum Gasteiger partial charge on any atom is -0.310 e. The maximum Gasteiger partial charge on any atom is 0.0291 e. The van der Waals surface area contributed by atoms with Crippen molar-refractivity contribution in [3.8, 4) is 0 Å². The topological polar surface area (TPSA) is 12.0 Å². The maximum atomic E-state index is 3.66. The summed E-state index contributed by atoms with van der Waals surface area (Å²) in [7, 11) is 0. The molecule has 2 atom stereocenters. The molecule has 0 saturated heterocycles. The van der Waals surface area contributed by atoms with Crippen LogP contribution in [0.15, 0.2) is 24.3 Å². The van der Waals surface area contributed by atoms with Crippen LogP contribution in [0.3, 0.4) is 0 Å². The van der Waals surface area contributed by atoms with Gasteiger partial charge in [0.1, 0.15) is 0 Å². The molecule has 0 aromatic heterocycles. The van der Waals surface area contributed by atoms with Gasteiger partial charge < -0.3 is 5.32 Å². The molecule has 0 heterocycles. The lowest BCUT2D eigenvalue weighted by Crippen LogP contribution is -2.31. The number of hydrogen-bond donors (Lipinski definition) is 1. The highest BCUT2D eigenvalue weighted by Gasteiger charge is 2.20. The van der Waals surface area contributed by atoms with E-state index in [2.05, 4.69) is 71.1 Å². The van der Waals surface area contributed by atoms with Gasteiger partial charge in [0, 0.05) is 6.04 Å². The SMILES string of the molecule is CCCc1ccc(C(C)NCC(C)C(C)(C)C)cc1. The Morgan fingerprint density at radius 2 is 1.63 bits per heavy atom. The molecule has 19 heavy (non-hydrogen) atoms. The smallest absolute Gasteiger partial charge is 0.0291 e. The van der Waals surface area contributed by atoms with Gasteiger partial charge in [0.15, 0.2) is 0 Å². The van der Waals surface area contributed by atoms with Gasteiger partial charge in [-0.25, -0.2) is 0 Å². The summed E-state index contributed by atoms with van der Waals surface area (Å²) >= 11 is 0. The second-order valence-electron chi connectivity index (χ2n) is 6.89. The van der Waals surface area contributed by atoms with Crippen molar-refractivity contribution < 1.29 is 0 Å². The minimum absolute atomic E-state index is 0.373. The van der Waals surface area contributed by atoms with Gasteiger partial charge in [-0.05, 0) is 42.3 Å². The minimum atomic E-state index is 0.373. The van der Waals surface area contributed by atoms with E-state index in [0.717, 1.165) is 6.54 Å². The fraction of sp³-hybridized carbons (Fsp3) is 0.667. The summed E-state index contributed by atoms with van der Waals surface area (Å²) in [5.74, 6) is 0.675. The standard InChI is InChI=1S/C18H31N/c1-7-8-16-9-11-17(12-10-16)15(3)19-13-14(2)18(4,5)6/h9-12,14-15,19H,7-8,13H2,1-6H3. The van der Waals surface area contributed by atoms with E-state index in [1.807, 2.05) is 0 Å². The molecule has 1 N–H and O–H groups in total.